The number of benzene rings is 2. The summed E-state index contributed by atoms with van der Waals surface area (Å²) in [5.41, 5.74) is 7.96. The van der Waals surface area contributed by atoms with Gasteiger partial charge in [-0.15, -0.1) is 0 Å². The molecule has 0 spiro atoms. The van der Waals surface area contributed by atoms with Crippen LogP contribution in [0, 0.1) is 0 Å². The van der Waals surface area contributed by atoms with E-state index in [2.05, 4.69) is 15.2 Å². The van der Waals surface area contributed by atoms with Gasteiger partial charge in [0.05, 0.1) is 0 Å². The zero-order valence-corrected chi connectivity index (χ0v) is 15.9. The predicted molar refractivity (Wildman–Crippen MR) is 108 cm³/mol. The molecule has 1 fully saturated rings. The highest BCUT2D eigenvalue weighted by Gasteiger charge is 2.30. The molecule has 1 aromatic heterocycles. The normalized spacial score (nSPS) is 15.8. The van der Waals surface area contributed by atoms with Crippen molar-refractivity contribution in [2.75, 3.05) is 26.2 Å². The lowest BCUT2D eigenvalue weighted by Crippen LogP contribution is -2.51. The van der Waals surface area contributed by atoms with Gasteiger partial charge in [-0.25, -0.2) is 4.98 Å². The van der Waals surface area contributed by atoms with E-state index in [1.54, 1.807) is 11.0 Å². The van der Waals surface area contributed by atoms with Crippen LogP contribution < -0.4 is 5.73 Å². The van der Waals surface area contributed by atoms with Gasteiger partial charge in [-0.3, -0.25) is 19.6 Å². The van der Waals surface area contributed by atoms with Crippen LogP contribution in [0.2, 0.25) is 0 Å². The highest BCUT2D eigenvalue weighted by atomic mass is 16.2. The fourth-order valence-corrected chi connectivity index (χ4v) is 3.70. The third kappa shape index (κ3) is 4.02. The number of piperazine rings is 1. The second kappa shape index (κ2) is 8.24. The maximum atomic E-state index is 13.0. The third-order valence-corrected chi connectivity index (χ3v) is 5.15. The number of hydrogen-bond acceptors (Lipinski definition) is 5. The lowest BCUT2D eigenvalue weighted by molar-refractivity contribution is -0.124. The Labute approximate surface area is 168 Å². The number of nitrogens with two attached hydrogens (primary N) is 1. The van der Waals surface area contributed by atoms with E-state index >= 15 is 0 Å². The van der Waals surface area contributed by atoms with E-state index in [0.717, 1.165) is 11.1 Å². The van der Waals surface area contributed by atoms with E-state index < -0.39 is 6.04 Å². The van der Waals surface area contributed by atoms with Gasteiger partial charge < -0.3 is 10.6 Å². The number of primary amides is 1. The minimum Gasteiger partial charge on any atom is -0.368 e. The molecule has 8 nitrogen and oxygen atoms in total. The van der Waals surface area contributed by atoms with Gasteiger partial charge >= 0.3 is 0 Å². The van der Waals surface area contributed by atoms with Gasteiger partial charge in [-0.2, -0.15) is 5.10 Å². The molecular weight excluding hydrogens is 368 g/mol. The van der Waals surface area contributed by atoms with Crippen LogP contribution in [0.5, 0.6) is 0 Å². The first kappa shape index (κ1) is 18.8. The smallest absolute Gasteiger partial charge is 0.253 e. The van der Waals surface area contributed by atoms with Crippen molar-refractivity contribution >= 4 is 11.8 Å². The molecule has 29 heavy (non-hydrogen) atoms. The summed E-state index contributed by atoms with van der Waals surface area (Å²) in [5.74, 6) is 0.203. The van der Waals surface area contributed by atoms with Crippen LogP contribution in [0.3, 0.4) is 0 Å². The molecule has 1 unspecified atom stereocenters. The molecule has 2 aromatic carbocycles. The number of nitrogens with zero attached hydrogens (tertiary/aromatic N) is 4. The number of aromatic nitrogens is 3. The van der Waals surface area contributed by atoms with E-state index in [1.165, 1.54) is 6.33 Å². The number of nitrogens with one attached hydrogen (secondary N) is 1. The van der Waals surface area contributed by atoms with Crippen molar-refractivity contribution < 1.29 is 9.59 Å². The second-order valence-electron chi connectivity index (χ2n) is 6.96. The number of aromatic amines is 1. The minimum atomic E-state index is -0.483. The highest BCUT2D eigenvalue weighted by Crippen LogP contribution is 2.23. The van der Waals surface area contributed by atoms with Crippen molar-refractivity contribution in [3.63, 3.8) is 0 Å². The number of hydrogen-bond donors (Lipinski definition) is 2. The number of rotatable bonds is 5. The molecule has 4 rings (SSSR count). The molecule has 0 radical (unpaired) electrons. The Morgan fingerprint density at radius 2 is 1.76 bits per heavy atom. The Kier molecular flexibility index (Phi) is 5.35. The molecule has 0 bridgehead atoms. The summed E-state index contributed by atoms with van der Waals surface area (Å²) in [4.78, 5) is 33.0. The van der Waals surface area contributed by atoms with Crippen molar-refractivity contribution in [3.8, 4) is 11.4 Å². The van der Waals surface area contributed by atoms with E-state index in [-0.39, 0.29) is 11.8 Å². The molecule has 1 saturated heterocycles. The van der Waals surface area contributed by atoms with Gasteiger partial charge in [-0.05, 0) is 17.7 Å². The monoisotopic (exact) mass is 390 g/mol. The first-order valence-corrected chi connectivity index (χ1v) is 9.47. The number of carbonyl (C=O) groups excluding carboxylic acids is 2. The molecule has 2 heterocycles. The van der Waals surface area contributed by atoms with Gasteiger partial charge in [0, 0.05) is 37.3 Å². The molecule has 0 aliphatic carbocycles. The summed E-state index contributed by atoms with van der Waals surface area (Å²) in [5, 5.41) is 6.66. The fraction of sp³-hybridized carbons (Fsp3) is 0.238. The van der Waals surface area contributed by atoms with Crippen LogP contribution in [0.1, 0.15) is 22.0 Å². The van der Waals surface area contributed by atoms with E-state index in [1.807, 2.05) is 53.4 Å². The average molecular weight is 390 g/mol. The van der Waals surface area contributed by atoms with E-state index in [9.17, 15) is 9.59 Å². The van der Waals surface area contributed by atoms with Crippen LogP contribution in [0.4, 0.5) is 0 Å². The van der Waals surface area contributed by atoms with E-state index in [0.29, 0.717) is 37.6 Å². The third-order valence-electron chi connectivity index (χ3n) is 5.15. The Morgan fingerprint density at radius 3 is 2.41 bits per heavy atom. The lowest BCUT2D eigenvalue weighted by Gasteiger charge is -2.38. The molecule has 3 N–H and O–H groups in total. The molecule has 3 aromatic rings. The minimum absolute atomic E-state index is 0.0404. The van der Waals surface area contributed by atoms with Gasteiger partial charge in [0.15, 0.2) is 5.82 Å². The molecular formula is C21H22N6O2. The summed E-state index contributed by atoms with van der Waals surface area (Å²) in [7, 11) is 0. The zero-order chi connectivity index (χ0) is 20.2. The molecule has 0 saturated carbocycles. The van der Waals surface area contributed by atoms with Crippen LogP contribution in [-0.2, 0) is 4.79 Å². The Balaban J connectivity index is 1.45. The molecule has 8 heteroatoms. The van der Waals surface area contributed by atoms with Crippen LogP contribution in [0.25, 0.3) is 11.4 Å². The first-order chi connectivity index (χ1) is 14.1. The number of amides is 2. The molecule has 2 amide bonds. The number of H-pyrrole nitrogens is 1. The summed E-state index contributed by atoms with van der Waals surface area (Å²) >= 11 is 0. The summed E-state index contributed by atoms with van der Waals surface area (Å²) in [6.07, 6.45) is 1.44. The fourth-order valence-electron chi connectivity index (χ4n) is 3.70. The van der Waals surface area contributed by atoms with Crippen LogP contribution in [-0.4, -0.2) is 63.0 Å². The summed E-state index contributed by atoms with van der Waals surface area (Å²) in [6, 6.07) is 16.3. The molecule has 1 aliphatic rings. The standard InChI is InChI=1S/C21H22N6O2/c22-19(28)18(15-5-2-1-3-6-15)26-9-11-27(12-10-26)21(29)17-8-4-7-16(13-17)20-23-14-24-25-20/h1-8,13-14,18H,9-12H2,(H2,22,28)(H,23,24,25). The lowest BCUT2D eigenvalue weighted by atomic mass is 10.0. The molecule has 1 aliphatic heterocycles. The zero-order valence-electron chi connectivity index (χ0n) is 15.9. The van der Waals surface area contributed by atoms with Crippen LogP contribution >= 0.6 is 0 Å². The topological polar surface area (TPSA) is 108 Å². The van der Waals surface area contributed by atoms with Gasteiger partial charge in [0.25, 0.3) is 5.91 Å². The van der Waals surface area contributed by atoms with Crippen molar-refractivity contribution in [2.45, 2.75) is 6.04 Å². The average Bonchev–Trinajstić information content (AvgIpc) is 3.30. The second-order valence-corrected chi connectivity index (χ2v) is 6.96. The van der Waals surface area contributed by atoms with Gasteiger partial charge in [0.1, 0.15) is 12.4 Å². The summed E-state index contributed by atoms with van der Waals surface area (Å²) in [6.45, 7) is 2.22. The van der Waals surface area contributed by atoms with Crippen molar-refractivity contribution in [3.05, 3.63) is 72.1 Å². The highest BCUT2D eigenvalue weighted by molar-refractivity contribution is 5.95. The van der Waals surface area contributed by atoms with E-state index in [4.69, 9.17) is 5.73 Å². The van der Waals surface area contributed by atoms with Crippen molar-refractivity contribution in [2.24, 2.45) is 5.73 Å². The van der Waals surface area contributed by atoms with Crippen molar-refractivity contribution in [1.29, 1.82) is 0 Å². The quantitative estimate of drug-likeness (QED) is 0.686. The maximum absolute atomic E-state index is 13.0. The largest absolute Gasteiger partial charge is 0.368 e. The SMILES string of the molecule is NC(=O)C(c1ccccc1)N1CCN(C(=O)c2cccc(-c3ncn[nH]3)c2)CC1. The Bertz CT molecular complexity index is 981. The first-order valence-electron chi connectivity index (χ1n) is 9.47. The summed E-state index contributed by atoms with van der Waals surface area (Å²) < 4.78 is 0. The van der Waals surface area contributed by atoms with Gasteiger partial charge in [-0.1, -0.05) is 42.5 Å². The molecule has 1 atom stereocenters. The predicted octanol–water partition coefficient (Wildman–Crippen LogP) is 1.46. The van der Waals surface area contributed by atoms with Crippen molar-refractivity contribution in [1.82, 2.24) is 25.0 Å². The molecule has 148 valence electrons. The Morgan fingerprint density at radius 1 is 1.00 bits per heavy atom. The van der Waals surface area contributed by atoms with Gasteiger partial charge in [0.2, 0.25) is 5.91 Å². The maximum Gasteiger partial charge on any atom is 0.253 e. The number of carbonyl (C=O) groups is 2. The van der Waals surface area contributed by atoms with Crippen LogP contribution in [0.15, 0.2) is 60.9 Å². The Hall–Kier alpha value is -3.52.